The first kappa shape index (κ1) is 13.2. The molecule has 4 unspecified atom stereocenters. The third kappa shape index (κ3) is 2.60. The minimum Gasteiger partial charge on any atom is -0.382 e. The Morgan fingerprint density at radius 1 is 1.32 bits per heavy atom. The summed E-state index contributed by atoms with van der Waals surface area (Å²) in [5.41, 5.74) is 2.71. The van der Waals surface area contributed by atoms with Gasteiger partial charge in [0, 0.05) is 16.2 Å². The summed E-state index contributed by atoms with van der Waals surface area (Å²) in [6.45, 7) is 4.57. The van der Waals surface area contributed by atoms with Crippen LogP contribution in [0.5, 0.6) is 0 Å². The lowest BCUT2D eigenvalue weighted by Gasteiger charge is -2.28. The quantitative estimate of drug-likeness (QED) is 0.768. The number of hydrogen-bond acceptors (Lipinski definition) is 1. The molecular formula is C17H22BrN. The van der Waals surface area contributed by atoms with Gasteiger partial charge in [-0.25, -0.2) is 0 Å². The van der Waals surface area contributed by atoms with Gasteiger partial charge in [-0.15, -0.1) is 0 Å². The largest absolute Gasteiger partial charge is 0.382 e. The average Bonchev–Trinajstić information content (AvgIpc) is 3.03. The van der Waals surface area contributed by atoms with E-state index in [0.29, 0.717) is 6.04 Å². The van der Waals surface area contributed by atoms with Crippen LogP contribution in [0.4, 0.5) is 5.69 Å². The molecule has 2 aliphatic carbocycles. The highest BCUT2D eigenvalue weighted by Crippen LogP contribution is 2.45. The van der Waals surface area contributed by atoms with Gasteiger partial charge in [0.05, 0.1) is 0 Å². The Bertz CT molecular complexity index is 494. The Balaban J connectivity index is 1.73. The van der Waals surface area contributed by atoms with E-state index < -0.39 is 0 Å². The first-order valence-corrected chi connectivity index (χ1v) is 8.20. The van der Waals surface area contributed by atoms with Crippen molar-refractivity contribution >= 4 is 21.6 Å². The first-order chi connectivity index (χ1) is 9.17. The van der Waals surface area contributed by atoms with E-state index in [1.54, 1.807) is 0 Å². The number of benzene rings is 1. The van der Waals surface area contributed by atoms with Crippen LogP contribution < -0.4 is 5.32 Å². The number of anilines is 1. The predicted octanol–water partition coefficient (Wildman–Crippen LogP) is 5.02. The second-order valence-corrected chi connectivity index (χ2v) is 6.95. The Hall–Kier alpha value is -0.760. The number of hydrogen-bond donors (Lipinski definition) is 1. The molecule has 19 heavy (non-hydrogen) atoms. The van der Waals surface area contributed by atoms with Gasteiger partial charge in [0.15, 0.2) is 0 Å². The summed E-state index contributed by atoms with van der Waals surface area (Å²) in [7, 11) is 0. The van der Waals surface area contributed by atoms with E-state index in [0.717, 1.165) is 24.2 Å². The van der Waals surface area contributed by atoms with Gasteiger partial charge in [0.2, 0.25) is 0 Å². The molecular weight excluding hydrogens is 298 g/mol. The standard InChI is InChI=1S/C17H22BrN/c1-3-13-10-15(18)6-7-17(13)19-11(2)16-9-12-4-5-14(16)8-12/h4-7,10-12,14,16,19H,3,8-9H2,1-2H3. The normalized spacial score (nSPS) is 29.7. The van der Waals surface area contributed by atoms with Gasteiger partial charge in [-0.1, -0.05) is 35.0 Å². The van der Waals surface area contributed by atoms with Crippen molar-refractivity contribution in [2.24, 2.45) is 17.8 Å². The van der Waals surface area contributed by atoms with E-state index in [-0.39, 0.29) is 0 Å². The highest BCUT2D eigenvalue weighted by atomic mass is 79.9. The monoisotopic (exact) mass is 319 g/mol. The van der Waals surface area contributed by atoms with Gasteiger partial charge in [-0.05, 0) is 67.7 Å². The lowest BCUT2D eigenvalue weighted by molar-refractivity contribution is 0.399. The Kier molecular flexibility index (Phi) is 3.70. The molecule has 0 aromatic heterocycles. The molecule has 2 bridgehead atoms. The molecule has 1 saturated carbocycles. The van der Waals surface area contributed by atoms with Gasteiger partial charge >= 0.3 is 0 Å². The molecule has 1 aromatic carbocycles. The third-order valence-electron chi connectivity index (χ3n) is 4.80. The minimum absolute atomic E-state index is 0.562. The van der Waals surface area contributed by atoms with Crippen molar-refractivity contribution in [3.8, 4) is 0 Å². The molecule has 1 fully saturated rings. The van der Waals surface area contributed by atoms with Crippen LogP contribution in [0.1, 0.15) is 32.3 Å². The van der Waals surface area contributed by atoms with Gasteiger partial charge in [-0.3, -0.25) is 0 Å². The minimum atomic E-state index is 0.562. The molecule has 4 atom stereocenters. The van der Waals surface area contributed by atoms with Crippen LogP contribution in [0.15, 0.2) is 34.8 Å². The zero-order valence-corrected chi connectivity index (χ0v) is 13.3. The molecule has 0 radical (unpaired) electrons. The maximum absolute atomic E-state index is 3.76. The fraction of sp³-hybridized carbons (Fsp3) is 0.529. The molecule has 1 N–H and O–H groups in total. The van der Waals surface area contributed by atoms with E-state index in [4.69, 9.17) is 0 Å². The molecule has 0 amide bonds. The summed E-state index contributed by atoms with van der Waals surface area (Å²) < 4.78 is 1.17. The summed E-state index contributed by atoms with van der Waals surface area (Å²) >= 11 is 3.56. The molecule has 1 nitrogen and oxygen atoms in total. The Morgan fingerprint density at radius 2 is 2.16 bits per heavy atom. The Morgan fingerprint density at radius 3 is 2.79 bits per heavy atom. The Labute approximate surface area is 124 Å². The van der Waals surface area contributed by atoms with Crippen molar-refractivity contribution in [2.45, 2.75) is 39.2 Å². The second kappa shape index (κ2) is 5.32. The van der Waals surface area contributed by atoms with E-state index in [1.165, 1.54) is 28.6 Å². The van der Waals surface area contributed by atoms with Crippen LogP contribution in [0.3, 0.4) is 0 Å². The number of allylic oxidation sites excluding steroid dienone is 2. The van der Waals surface area contributed by atoms with Crippen molar-refractivity contribution in [1.82, 2.24) is 0 Å². The van der Waals surface area contributed by atoms with E-state index >= 15 is 0 Å². The summed E-state index contributed by atoms with van der Waals surface area (Å²) in [5.74, 6) is 2.48. The number of aryl methyl sites for hydroxylation is 1. The zero-order valence-electron chi connectivity index (χ0n) is 11.7. The van der Waals surface area contributed by atoms with E-state index in [1.807, 2.05) is 0 Å². The number of halogens is 1. The molecule has 0 aliphatic heterocycles. The zero-order chi connectivity index (χ0) is 13.4. The van der Waals surface area contributed by atoms with Crippen LogP contribution in [0.2, 0.25) is 0 Å². The molecule has 3 rings (SSSR count). The SMILES string of the molecule is CCc1cc(Br)ccc1NC(C)C1CC2C=CC1C2. The highest BCUT2D eigenvalue weighted by Gasteiger charge is 2.38. The van der Waals surface area contributed by atoms with Crippen molar-refractivity contribution in [3.05, 3.63) is 40.4 Å². The van der Waals surface area contributed by atoms with Crippen LogP contribution >= 0.6 is 15.9 Å². The second-order valence-electron chi connectivity index (χ2n) is 6.03. The lowest BCUT2D eigenvalue weighted by atomic mass is 9.87. The number of rotatable bonds is 4. The van der Waals surface area contributed by atoms with Gasteiger partial charge < -0.3 is 5.32 Å². The number of nitrogens with one attached hydrogen (secondary N) is 1. The fourth-order valence-electron chi connectivity index (χ4n) is 3.75. The summed E-state index contributed by atoms with van der Waals surface area (Å²) in [6.07, 6.45) is 8.69. The van der Waals surface area contributed by atoms with E-state index in [9.17, 15) is 0 Å². The van der Waals surface area contributed by atoms with Crippen molar-refractivity contribution in [2.75, 3.05) is 5.32 Å². The molecule has 2 aliphatic rings. The molecule has 102 valence electrons. The lowest BCUT2D eigenvalue weighted by Crippen LogP contribution is -2.29. The average molecular weight is 320 g/mol. The van der Waals surface area contributed by atoms with Crippen LogP contribution in [-0.4, -0.2) is 6.04 Å². The fourth-order valence-corrected chi connectivity index (χ4v) is 4.15. The first-order valence-electron chi connectivity index (χ1n) is 7.40. The van der Waals surface area contributed by atoms with Gasteiger partial charge in [0.1, 0.15) is 0 Å². The summed E-state index contributed by atoms with van der Waals surface area (Å²) in [5, 5.41) is 3.76. The van der Waals surface area contributed by atoms with E-state index in [2.05, 4.69) is 65.4 Å². The molecule has 0 spiro atoms. The molecule has 0 saturated heterocycles. The molecule has 1 aromatic rings. The number of fused-ring (bicyclic) bond motifs is 2. The third-order valence-corrected chi connectivity index (χ3v) is 5.30. The van der Waals surface area contributed by atoms with Crippen LogP contribution in [-0.2, 0) is 6.42 Å². The maximum Gasteiger partial charge on any atom is 0.0375 e. The van der Waals surface area contributed by atoms with Crippen LogP contribution in [0.25, 0.3) is 0 Å². The van der Waals surface area contributed by atoms with Crippen molar-refractivity contribution < 1.29 is 0 Å². The van der Waals surface area contributed by atoms with Crippen molar-refractivity contribution in [3.63, 3.8) is 0 Å². The summed E-state index contributed by atoms with van der Waals surface area (Å²) in [6, 6.07) is 7.14. The van der Waals surface area contributed by atoms with Gasteiger partial charge in [0.25, 0.3) is 0 Å². The molecule has 0 heterocycles. The maximum atomic E-state index is 3.76. The summed E-state index contributed by atoms with van der Waals surface area (Å²) in [4.78, 5) is 0. The van der Waals surface area contributed by atoms with Crippen LogP contribution in [0, 0.1) is 17.8 Å². The topological polar surface area (TPSA) is 12.0 Å². The van der Waals surface area contributed by atoms with Gasteiger partial charge in [-0.2, -0.15) is 0 Å². The highest BCUT2D eigenvalue weighted by molar-refractivity contribution is 9.10. The molecule has 2 heteroatoms. The predicted molar refractivity (Wildman–Crippen MR) is 85.4 cm³/mol. The smallest absolute Gasteiger partial charge is 0.0375 e. The van der Waals surface area contributed by atoms with Crippen molar-refractivity contribution in [1.29, 1.82) is 0 Å².